The molecule has 0 N–H and O–H groups in total. The van der Waals surface area contributed by atoms with Crippen molar-refractivity contribution in [2.45, 2.75) is 26.2 Å². The molecule has 1 aliphatic rings. The summed E-state index contributed by atoms with van der Waals surface area (Å²) in [6.07, 6.45) is 1.89. The monoisotopic (exact) mass is 806 g/mol. The molecule has 0 amide bonds. The molecule has 9 rings (SSSR count). The van der Waals surface area contributed by atoms with Crippen LogP contribution in [0.4, 0.5) is 17.1 Å². The van der Waals surface area contributed by atoms with Crippen LogP contribution in [-0.4, -0.2) is 16.6 Å². The van der Waals surface area contributed by atoms with Gasteiger partial charge in [0, 0.05) is 66.6 Å². The Morgan fingerprint density at radius 1 is 0.750 bits per heavy atom. The molecule has 3 aromatic heterocycles. The van der Waals surface area contributed by atoms with Crippen molar-refractivity contribution >= 4 is 60.8 Å². The van der Waals surface area contributed by atoms with Crippen molar-refractivity contribution in [1.29, 1.82) is 0 Å². The molecule has 240 valence electrons. The number of anilines is 3. The number of hydrogen-bond donors (Lipinski definition) is 0. The molecule has 1 aliphatic heterocycles. The van der Waals surface area contributed by atoms with Gasteiger partial charge in [-0.1, -0.05) is 85.9 Å². The molecule has 8 aromatic rings. The van der Waals surface area contributed by atoms with Gasteiger partial charge in [0.2, 0.25) is 0 Å². The van der Waals surface area contributed by atoms with E-state index < -0.39 is 0 Å². The molecule has 0 unspecified atom stereocenters. The van der Waals surface area contributed by atoms with E-state index in [1.54, 1.807) is 0 Å². The summed E-state index contributed by atoms with van der Waals surface area (Å²) in [5, 5.41) is 4.21. The zero-order valence-corrected chi connectivity index (χ0v) is 29.2. The van der Waals surface area contributed by atoms with Crippen molar-refractivity contribution < 1.29 is 30.2 Å². The molecule has 4 heterocycles. The van der Waals surface area contributed by atoms with E-state index in [0.717, 1.165) is 66.6 Å². The molecule has 0 saturated carbocycles. The Kier molecular flexibility index (Phi) is 7.12. The molecule has 48 heavy (non-hydrogen) atoms. The number of fused-ring (bicyclic) bond motifs is 7. The predicted molar refractivity (Wildman–Crippen MR) is 190 cm³/mol. The van der Waals surface area contributed by atoms with Crippen LogP contribution in [-0.2, 0) is 26.5 Å². The number of para-hydroxylation sites is 4. The fourth-order valence-electron chi connectivity index (χ4n) is 6.69. The number of rotatable bonds is 4. The van der Waals surface area contributed by atoms with Crippen LogP contribution in [0.15, 0.2) is 114 Å². The normalized spacial score (nSPS) is 13.1. The molecular formula is C41H31N4O2Pt-3. The van der Waals surface area contributed by atoms with E-state index in [2.05, 4.69) is 115 Å². The molecule has 0 atom stereocenters. The Morgan fingerprint density at radius 2 is 1.50 bits per heavy atom. The van der Waals surface area contributed by atoms with Crippen LogP contribution in [0.3, 0.4) is 0 Å². The van der Waals surface area contributed by atoms with E-state index in [4.69, 9.17) is 14.1 Å². The number of aromatic nitrogens is 2. The molecule has 0 fully saturated rings. The Balaban J connectivity index is 0.00000336. The Morgan fingerprint density at radius 3 is 2.33 bits per heavy atom. The van der Waals surface area contributed by atoms with Gasteiger partial charge in [0.25, 0.3) is 0 Å². The maximum absolute atomic E-state index is 6.65. The third-order valence-corrected chi connectivity index (χ3v) is 9.03. The number of nitrogens with zero attached hydrogens (tertiary/aromatic N) is 4. The van der Waals surface area contributed by atoms with Gasteiger partial charge in [0.15, 0.2) is 0 Å². The third-order valence-electron chi connectivity index (χ3n) is 9.03. The minimum Gasteiger partial charge on any atom is -0.514 e. The van der Waals surface area contributed by atoms with Crippen molar-refractivity contribution in [2.24, 2.45) is 0 Å². The molecule has 0 saturated heterocycles. The standard InChI is InChI=1S/C41H31N4O2.Pt/c1-41(2,3)26-19-20-42-39(21-26)45-33-13-7-5-11-29(33)30-18-17-27(23-36(30)45)46-28-22-32-31-12-6-10-16-38(31)47-40(32)37(24-28)44-25-43(4)34-14-8-9-15-35(34)44;/h5-22,25H,1-4H3;/q-3;. The molecule has 7 heteroatoms. The SMILES string of the molecule is CN1[CH-]N(c2[c-]c(Oc3[c-]c4c(cc3)c3ccccc3n4-c3cc(C(C)(C)C)ccn3)cc3c2oc2ccccc23)c2ccccc21.[Pt]. The van der Waals surface area contributed by atoms with Crippen molar-refractivity contribution in [3.63, 3.8) is 0 Å². The fraction of sp³-hybridized carbons (Fsp3) is 0.122. The number of ether oxygens (including phenoxy) is 1. The van der Waals surface area contributed by atoms with Crippen LogP contribution < -0.4 is 14.5 Å². The Labute approximate surface area is 293 Å². The van der Waals surface area contributed by atoms with Crippen LogP contribution >= 0.6 is 0 Å². The summed E-state index contributed by atoms with van der Waals surface area (Å²) < 4.78 is 15.3. The summed E-state index contributed by atoms with van der Waals surface area (Å²) in [5.74, 6) is 2.01. The van der Waals surface area contributed by atoms with Gasteiger partial charge in [-0.25, -0.2) is 4.98 Å². The van der Waals surface area contributed by atoms with Crippen LogP contribution in [0.5, 0.6) is 11.5 Å². The van der Waals surface area contributed by atoms with Gasteiger partial charge in [0.05, 0.1) is 0 Å². The Bertz CT molecular complexity index is 2510. The molecule has 0 radical (unpaired) electrons. The first-order valence-electron chi connectivity index (χ1n) is 15.8. The van der Waals surface area contributed by atoms with Crippen molar-refractivity contribution in [2.75, 3.05) is 16.8 Å². The van der Waals surface area contributed by atoms with Crippen molar-refractivity contribution in [3.8, 4) is 17.3 Å². The minimum atomic E-state index is -0.0139. The number of benzene rings is 5. The zero-order chi connectivity index (χ0) is 31.9. The first-order valence-corrected chi connectivity index (χ1v) is 15.8. The van der Waals surface area contributed by atoms with E-state index >= 15 is 0 Å². The van der Waals surface area contributed by atoms with Gasteiger partial charge in [-0.3, -0.25) is 0 Å². The molecule has 0 aliphatic carbocycles. The summed E-state index contributed by atoms with van der Waals surface area (Å²) in [4.78, 5) is 9.04. The van der Waals surface area contributed by atoms with Crippen LogP contribution in [0.25, 0.3) is 49.6 Å². The summed E-state index contributed by atoms with van der Waals surface area (Å²) in [6, 6.07) is 42.4. The first kappa shape index (κ1) is 30.3. The van der Waals surface area contributed by atoms with E-state index in [1.165, 1.54) is 5.56 Å². The van der Waals surface area contributed by atoms with Crippen molar-refractivity contribution in [3.05, 3.63) is 134 Å². The summed E-state index contributed by atoms with van der Waals surface area (Å²) in [6.45, 7) is 8.72. The third kappa shape index (κ3) is 4.78. The largest absolute Gasteiger partial charge is 0.514 e. The second-order valence-corrected chi connectivity index (χ2v) is 13.1. The number of furan rings is 1. The maximum atomic E-state index is 6.65. The van der Waals surface area contributed by atoms with Gasteiger partial charge >= 0.3 is 0 Å². The molecular weight excluding hydrogens is 776 g/mol. The molecule has 0 bridgehead atoms. The number of hydrogen-bond acceptors (Lipinski definition) is 5. The van der Waals surface area contributed by atoms with Gasteiger partial charge in [0.1, 0.15) is 11.4 Å². The summed E-state index contributed by atoms with van der Waals surface area (Å²) >= 11 is 0. The maximum Gasteiger partial charge on any atom is 0.135 e. The van der Waals surface area contributed by atoms with E-state index in [0.29, 0.717) is 11.5 Å². The van der Waals surface area contributed by atoms with E-state index in [-0.39, 0.29) is 26.5 Å². The topological polar surface area (TPSA) is 46.7 Å². The summed E-state index contributed by atoms with van der Waals surface area (Å²) in [7, 11) is 2.05. The van der Waals surface area contributed by atoms with Crippen molar-refractivity contribution in [1.82, 2.24) is 9.55 Å². The Hall–Kier alpha value is -5.06. The van der Waals surface area contributed by atoms with Gasteiger partial charge < -0.3 is 23.5 Å². The van der Waals surface area contributed by atoms with Crippen LogP contribution in [0, 0.1) is 18.8 Å². The summed E-state index contributed by atoms with van der Waals surface area (Å²) in [5.41, 5.74) is 7.68. The molecule has 0 spiro atoms. The average molecular weight is 807 g/mol. The second-order valence-electron chi connectivity index (χ2n) is 13.1. The second kappa shape index (κ2) is 11.3. The van der Waals surface area contributed by atoms with E-state index in [9.17, 15) is 0 Å². The van der Waals surface area contributed by atoms with Crippen LogP contribution in [0.1, 0.15) is 26.3 Å². The quantitative estimate of drug-likeness (QED) is 0.166. The van der Waals surface area contributed by atoms with Gasteiger partial charge in [-0.2, -0.15) is 12.7 Å². The smallest absolute Gasteiger partial charge is 0.135 e. The zero-order valence-electron chi connectivity index (χ0n) is 26.9. The van der Waals surface area contributed by atoms with Gasteiger partial charge in [-0.05, 0) is 59.8 Å². The fourth-order valence-corrected chi connectivity index (χ4v) is 6.69. The molecule has 5 aromatic carbocycles. The predicted octanol–water partition coefficient (Wildman–Crippen LogP) is 10.5. The average Bonchev–Trinajstić information content (AvgIpc) is 3.73. The van der Waals surface area contributed by atoms with Crippen LogP contribution in [0.2, 0.25) is 0 Å². The van der Waals surface area contributed by atoms with E-state index in [1.807, 2.05) is 55.7 Å². The van der Waals surface area contributed by atoms with Gasteiger partial charge in [-0.15, -0.1) is 29.7 Å². The number of pyridine rings is 1. The molecule has 6 nitrogen and oxygen atoms in total. The first-order chi connectivity index (χ1) is 22.8. The minimum absolute atomic E-state index is 0.